The predicted octanol–water partition coefficient (Wildman–Crippen LogP) is 2.10. The van der Waals surface area contributed by atoms with Crippen LogP contribution in [0.4, 0.5) is 4.39 Å². The van der Waals surface area contributed by atoms with Crippen molar-refractivity contribution in [1.29, 1.82) is 0 Å². The zero-order valence-corrected chi connectivity index (χ0v) is 7.79. The van der Waals surface area contributed by atoms with Gasteiger partial charge in [-0.15, -0.1) is 0 Å². The molecular weight excluding hydrogens is 203 g/mol. The van der Waals surface area contributed by atoms with E-state index in [-0.39, 0.29) is 10.6 Å². The zero-order valence-electron chi connectivity index (χ0n) is 6.21. The highest BCUT2D eigenvalue weighted by Crippen LogP contribution is 2.22. The first-order chi connectivity index (χ1) is 5.65. The molecule has 0 heterocycles. The molecule has 66 valence electrons. The molecule has 0 saturated heterocycles. The van der Waals surface area contributed by atoms with Gasteiger partial charge in [-0.05, 0) is 12.1 Å². The summed E-state index contributed by atoms with van der Waals surface area (Å²) < 4.78 is 28.2. The molecule has 0 spiro atoms. The molecule has 0 amide bonds. The standard InChI is InChI=1S/C7H6ClFO2S/c1-11-7-3-2-5(12(8)10)4-6(7)9/h2-4H,1H3. The van der Waals surface area contributed by atoms with E-state index >= 15 is 0 Å². The van der Waals surface area contributed by atoms with Crippen molar-refractivity contribution in [2.75, 3.05) is 7.11 Å². The second kappa shape index (κ2) is 3.98. The molecule has 1 aromatic rings. The van der Waals surface area contributed by atoms with Gasteiger partial charge < -0.3 is 9.29 Å². The first kappa shape index (κ1) is 9.64. The van der Waals surface area contributed by atoms with Crippen molar-refractivity contribution in [1.82, 2.24) is 0 Å². The van der Waals surface area contributed by atoms with Crippen LogP contribution in [0.2, 0.25) is 0 Å². The largest absolute Gasteiger partial charge is 0.594 e. The van der Waals surface area contributed by atoms with E-state index < -0.39 is 16.2 Å². The molecule has 0 aliphatic rings. The van der Waals surface area contributed by atoms with Gasteiger partial charge in [0.2, 0.25) is 0 Å². The molecule has 0 fully saturated rings. The van der Waals surface area contributed by atoms with E-state index in [1.165, 1.54) is 19.2 Å². The van der Waals surface area contributed by atoms with Crippen LogP contribution in [-0.4, -0.2) is 11.7 Å². The SMILES string of the molecule is COc1ccc([S+]([O-])Cl)cc1F. The highest BCUT2D eigenvalue weighted by atomic mass is 35.7. The number of halogens is 2. The Labute approximate surface area is 77.0 Å². The molecule has 1 rings (SSSR count). The Morgan fingerprint density at radius 1 is 1.58 bits per heavy atom. The van der Waals surface area contributed by atoms with Crippen LogP contribution in [0.5, 0.6) is 5.75 Å². The minimum Gasteiger partial charge on any atom is -0.594 e. The zero-order chi connectivity index (χ0) is 9.14. The number of benzene rings is 1. The number of hydrogen-bond acceptors (Lipinski definition) is 2. The fourth-order valence-corrected chi connectivity index (χ4v) is 1.41. The van der Waals surface area contributed by atoms with Crippen LogP contribution in [0.1, 0.15) is 0 Å². The van der Waals surface area contributed by atoms with Crippen LogP contribution < -0.4 is 4.74 Å². The Morgan fingerprint density at radius 2 is 2.25 bits per heavy atom. The lowest BCUT2D eigenvalue weighted by Gasteiger charge is -2.02. The van der Waals surface area contributed by atoms with Gasteiger partial charge in [-0.3, -0.25) is 0 Å². The molecule has 0 aromatic heterocycles. The lowest BCUT2D eigenvalue weighted by molar-refractivity contribution is 0.385. The molecule has 1 unspecified atom stereocenters. The fraction of sp³-hybridized carbons (Fsp3) is 0.143. The smallest absolute Gasteiger partial charge is 0.181 e. The van der Waals surface area contributed by atoms with Gasteiger partial charge in [0.15, 0.2) is 27.1 Å². The average Bonchev–Trinajstić information content (AvgIpc) is 2.04. The topological polar surface area (TPSA) is 32.3 Å². The van der Waals surface area contributed by atoms with Crippen LogP contribution in [0, 0.1) is 5.82 Å². The molecule has 5 heteroatoms. The Hall–Kier alpha value is -0.450. The fourth-order valence-electron chi connectivity index (χ4n) is 0.747. The maximum Gasteiger partial charge on any atom is 0.181 e. The van der Waals surface area contributed by atoms with Crippen LogP contribution in [0.25, 0.3) is 0 Å². The first-order valence-electron chi connectivity index (χ1n) is 3.06. The molecule has 1 atom stereocenters. The van der Waals surface area contributed by atoms with Gasteiger partial charge >= 0.3 is 0 Å². The van der Waals surface area contributed by atoms with Gasteiger partial charge in [0.25, 0.3) is 0 Å². The minimum atomic E-state index is -1.67. The summed E-state index contributed by atoms with van der Waals surface area (Å²) >= 11 is 0. The van der Waals surface area contributed by atoms with E-state index in [2.05, 4.69) is 4.74 Å². The Morgan fingerprint density at radius 3 is 2.67 bits per heavy atom. The summed E-state index contributed by atoms with van der Waals surface area (Å²) in [5.41, 5.74) is 0. The van der Waals surface area contributed by atoms with Crippen molar-refractivity contribution in [3.63, 3.8) is 0 Å². The van der Waals surface area contributed by atoms with E-state index in [0.29, 0.717) is 0 Å². The third-order valence-corrected chi connectivity index (χ3v) is 2.47. The van der Waals surface area contributed by atoms with Crippen molar-refractivity contribution in [2.45, 2.75) is 4.90 Å². The predicted molar refractivity (Wildman–Crippen MR) is 45.2 cm³/mol. The van der Waals surface area contributed by atoms with Crippen molar-refractivity contribution in [2.24, 2.45) is 0 Å². The van der Waals surface area contributed by atoms with Crippen molar-refractivity contribution < 1.29 is 13.7 Å². The summed E-state index contributed by atoms with van der Waals surface area (Å²) in [7, 11) is 4.92. The average molecular weight is 209 g/mol. The first-order valence-corrected chi connectivity index (χ1v) is 5.04. The van der Waals surface area contributed by atoms with Crippen molar-refractivity contribution >= 4 is 21.1 Å². The number of ether oxygens (including phenoxy) is 1. The molecule has 12 heavy (non-hydrogen) atoms. The summed E-state index contributed by atoms with van der Waals surface area (Å²) in [6.07, 6.45) is 0. The Balaban J connectivity index is 3.02. The molecule has 0 N–H and O–H groups in total. The third-order valence-electron chi connectivity index (χ3n) is 1.31. The second-order valence-corrected chi connectivity index (χ2v) is 3.78. The van der Waals surface area contributed by atoms with E-state index in [0.717, 1.165) is 6.07 Å². The highest BCUT2D eigenvalue weighted by molar-refractivity contribution is 8.13. The summed E-state index contributed by atoms with van der Waals surface area (Å²) in [6, 6.07) is 3.91. The maximum atomic E-state index is 12.9. The lowest BCUT2D eigenvalue weighted by atomic mass is 10.3. The van der Waals surface area contributed by atoms with Gasteiger partial charge in [0.05, 0.1) is 7.11 Å². The Bertz CT molecular complexity index is 280. The molecule has 0 bridgehead atoms. The van der Waals surface area contributed by atoms with Gasteiger partial charge in [-0.1, -0.05) is 0 Å². The monoisotopic (exact) mass is 208 g/mol. The number of rotatable bonds is 2. The van der Waals surface area contributed by atoms with Crippen LogP contribution in [0.15, 0.2) is 23.1 Å². The molecule has 0 saturated carbocycles. The maximum absolute atomic E-state index is 12.9. The van der Waals surface area contributed by atoms with Crippen LogP contribution in [0.3, 0.4) is 0 Å². The number of hydrogen-bond donors (Lipinski definition) is 0. The number of methoxy groups -OCH3 is 1. The summed E-state index contributed by atoms with van der Waals surface area (Å²) in [6.45, 7) is 0. The summed E-state index contributed by atoms with van der Waals surface area (Å²) in [4.78, 5) is 0.231. The lowest BCUT2D eigenvalue weighted by Crippen LogP contribution is -1.94. The van der Waals surface area contributed by atoms with E-state index in [1.807, 2.05) is 0 Å². The van der Waals surface area contributed by atoms with E-state index in [4.69, 9.17) is 10.7 Å². The second-order valence-electron chi connectivity index (χ2n) is 2.02. The summed E-state index contributed by atoms with van der Waals surface area (Å²) in [5.74, 6) is -0.454. The van der Waals surface area contributed by atoms with Gasteiger partial charge in [0, 0.05) is 6.07 Å². The summed E-state index contributed by atoms with van der Waals surface area (Å²) in [5, 5.41) is 0. The molecular formula is C7H6ClFO2S. The third kappa shape index (κ3) is 2.03. The van der Waals surface area contributed by atoms with E-state index in [9.17, 15) is 8.94 Å². The van der Waals surface area contributed by atoms with Gasteiger partial charge in [-0.25, -0.2) is 4.39 Å². The molecule has 1 aromatic carbocycles. The molecule has 0 aliphatic carbocycles. The normalized spacial score (nSPS) is 12.7. The Kier molecular flexibility index (Phi) is 3.20. The van der Waals surface area contributed by atoms with Gasteiger partial charge in [0.1, 0.15) is 10.4 Å². The molecule has 0 radical (unpaired) electrons. The van der Waals surface area contributed by atoms with Crippen LogP contribution in [-0.2, 0) is 10.4 Å². The minimum absolute atomic E-state index is 0.112. The van der Waals surface area contributed by atoms with E-state index in [1.54, 1.807) is 0 Å². The quantitative estimate of drug-likeness (QED) is 0.698. The van der Waals surface area contributed by atoms with Crippen molar-refractivity contribution in [3.05, 3.63) is 24.0 Å². The van der Waals surface area contributed by atoms with Gasteiger partial charge in [-0.2, -0.15) is 0 Å². The molecule has 0 aliphatic heterocycles. The van der Waals surface area contributed by atoms with Crippen molar-refractivity contribution in [3.8, 4) is 5.75 Å². The van der Waals surface area contributed by atoms with Crippen LogP contribution >= 0.6 is 10.7 Å². The highest BCUT2D eigenvalue weighted by Gasteiger charge is 2.11. The molecule has 2 nitrogen and oxygen atoms in total.